The van der Waals surface area contributed by atoms with Crippen LogP contribution in [0.5, 0.6) is 0 Å². The third kappa shape index (κ3) is 2.90. The monoisotopic (exact) mass is 311 g/mol. The highest BCUT2D eigenvalue weighted by atomic mass is 16.2. The van der Waals surface area contributed by atoms with E-state index in [4.69, 9.17) is 4.98 Å². The van der Waals surface area contributed by atoms with Crippen molar-refractivity contribution in [2.24, 2.45) is 0 Å². The molecule has 1 amide bonds. The molecule has 1 fully saturated rings. The number of allylic oxidation sites excluding steroid dienone is 1. The summed E-state index contributed by atoms with van der Waals surface area (Å²) in [7, 11) is 0. The van der Waals surface area contributed by atoms with Gasteiger partial charge in [-0.3, -0.25) is 4.79 Å². The average Bonchev–Trinajstić information content (AvgIpc) is 2.99. The largest absolute Gasteiger partial charge is 0.337 e. The Morgan fingerprint density at radius 1 is 1.35 bits per heavy atom. The van der Waals surface area contributed by atoms with Gasteiger partial charge in [0.15, 0.2) is 0 Å². The Labute approximate surface area is 137 Å². The maximum Gasteiger partial charge on any atom is 0.223 e. The van der Waals surface area contributed by atoms with Crippen LogP contribution >= 0.6 is 0 Å². The van der Waals surface area contributed by atoms with E-state index in [1.54, 1.807) is 0 Å². The van der Waals surface area contributed by atoms with Crippen LogP contribution in [0.25, 0.3) is 11.0 Å². The van der Waals surface area contributed by atoms with Crippen molar-refractivity contribution in [2.75, 3.05) is 6.54 Å². The number of likely N-dealkylation sites (tertiary alicyclic amines) is 1. The van der Waals surface area contributed by atoms with Gasteiger partial charge < -0.3 is 9.47 Å². The van der Waals surface area contributed by atoms with E-state index in [0.717, 1.165) is 35.5 Å². The SMILES string of the molecule is C=C(C)Cn1c(C2CC(=O)N(C(C)(C)C)C2)nc2ccccc21. The molecule has 0 radical (unpaired) electrons. The van der Waals surface area contributed by atoms with Crippen LogP contribution in [0.2, 0.25) is 0 Å². The van der Waals surface area contributed by atoms with Crippen molar-refractivity contribution < 1.29 is 4.79 Å². The molecule has 122 valence electrons. The van der Waals surface area contributed by atoms with Gasteiger partial charge in [0.2, 0.25) is 5.91 Å². The summed E-state index contributed by atoms with van der Waals surface area (Å²) in [6.45, 7) is 13.8. The molecule has 0 saturated carbocycles. The Morgan fingerprint density at radius 2 is 2.04 bits per heavy atom. The summed E-state index contributed by atoms with van der Waals surface area (Å²) in [6.07, 6.45) is 0.538. The van der Waals surface area contributed by atoms with E-state index in [0.29, 0.717) is 6.42 Å². The van der Waals surface area contributed by atoms with Gasteiger partial charge in [0.25, 0.3) is 0 Å². The predicted molar refractivity (Wildman–Crippen MR) is 93.4 cm³/mol. The maximum atomic E-state index is 12.4. The summed E-state index contributed by atoms with van der Waals surface area (Å²) in [4.78, 5) is 19.2. The van der Waals surface area contributed by atoms with Crippen molar-refractivity contribution in [2.45, 2.75) is 52.1 Å². The van der Waals surface area contributed by atoms with E-state index >= 15 is 0 Å². The lowest BCUT2D eigenvalue weighted by molar-refractivity contribution is -0.131. The first-order valence-electron chi connectivity index (χ1n) is 8.17. The fourth-order valence-corrected chi connectivity index (χ4v) is 3.37. The number of nitrogens with zero attached hydrogens (tertiary/aromatic N) is 3. The molecule has 1 aliphatic rings. The molecule has 1 aromatic heterocycles. The molecule has 0 spiro atoms. The molecule has 1 unspecified atom stereocenters. The lowest BCUT2D eigenvalue weighted by atomic mass is 10.1. The van der Waals surface area contributed by atoms with Crippen LogP contribution in [0.15, 0.2) is 36.4 Å². The second-order valence-electron chi connectivity index (χ2n) is 7.58. The molecule has 1 atom stereocenters. The van der Waals surface area contributed by atoms with Crippen LogP contribution in [0.1, 0.15) is 45.9 Å². The number of aromatic nitrogens is 2. The highest BCUT2D eigenvalue weighted by molar-refractivity contribution is 5.81. The van der Waals surface area contributed by atoms with Gasteiger partial charge >= 0.3 is 0 Å². The van der Waals surface area contributed by atoms with Crippen molar-refractivity contribution in [3.05, 3.63) is 42.2 Å². The standard InChI is InChI=1S/C19H25N3O/c1-13(2)11-21-16-9-7-6-8-15(16)20-18(21)14-10-17(23)22(12-14)19(3,4)5/h6-9,14H,1,10-12H2,2-5H3. The molecule has 2 heterocycles. The molecular weight excluding hydrogens is 286 g/mol. The first-order chi connectivity index (χ1) is 10.8. The third-order valence-electron chi connectivity index (χ3n) is 4.41. The Balaban J connectivity index is 2.03. The molecule has 0 bridgehead atoms. The number of carbonyl (C=O) groups is 1. The van der Waals surface area contributed by atoms with E-state index < -0.39 is 0 Å². The van der Waals surface area contributed by atoms with Crippen molar-refractivity contribution in [1.82, 2.24) is 14.5 Å². The molecule has 1 aliphatic heterocycles. The summed E-state index contributed by atoms with van der Waals surface area (Å²) in [5, 5.41) is 0. The quantitative estimate of drug-likeness (QED) is 0.810. The smallest absolute Gasteiger partial charge is 0.223 e. The Hall–Kier alpha value is -2.10. The van der Waals surface area contributed by atoms with Gasteiger partial charge in [-0.1, -0.05) is 24.3 Å². The van der Waals surface area contributed by atoms with Gasteiger partial charge in [0, 0.05) is 31.0 Å². The van der Waals surface area contributed by atoms with Gasteiger partial charge in [-0.2, -0.15) is 0 Å². The summed E-state index contributed by atoms with van der Waals surface area (Å²) >= 11 is 0. The van der Waals surface area contributed by atoms with Crippen LogP contribution in [-0.4, -0.2) is 32.4 Å². The van der Waals surface area contributed by atoms with Crippen LogP contribution in [0, 0.1) is 0 Å². The number of carbonyl (C=O) groups excluding carboxylic acids is 1. The molecule has 1 aromatic carbocycles. The molecular formula is C19H25N3O. The summed E-state index contributed by atoms with van der Waals surface area (Å²) in [5.74, 6) is 1.37. The molecule has 4 nitrogen and oxygen atoms in total. The first-order valence-corrected chi connectivity index (χ1v) is 8.17. The fourth-order valence-electron chi connectivity index (χ4n) is 3.37. The van der Waals surface area contributed by atoms with E-state index in [9.17, 15) is 4.79 Å². The predicted octanol–water partition coefficient (Wildman–Crippen LogP) is 3.73. The number of amides is 1. The van der Waals surface area contributed by atoms with E-state index in [1.165, 1.54) is 0 Å². The Kier molecular flexibility index (Phi) is 3.78. The highest BCUT2D eigenvalue weighted by Crippen LogP contribution is 2.34. The van der Waals surface area contributed by atoms with Crippen molar-refractivity contribution >= 4 is 16.9 Å². The van der Waals surface area contributed by atoms with Crippen LogP contribution in [0.4, 0.5) is 0 Å². The summed E-state index contributed by atoms with van der Waals surface area (Å²) < 4.78 is 2.22. The Bertz CT molecular complexity index is 767. The zero-order valence-corrected chi connectivity index (χ0v) is 14.5. The van der Waals surface area contributed by atoms with E-state index in [1.807, 2.05) is 30.0 Å². The number of hydrogen-bond acceptors (Lipinski definition) is 2. The number of para-hydroxylation sites is 2. The number of hydrogen-bond donors (Lipinski definition) is 0. The van der Waals surface area contributed by atoms with Gasteiger partial charge in [-0.25, -0.2) is 4.98 Å². The Morgan fingerprint density at radius 3 is 2.65 bits per heavy atom. The lowest BCUT2D eigenvalue weighted by Crippen LogP contribution is -2.42. The van der Waals surface area contributed by atoms with Crippen LogP contribution < -0.4 is 0 Å². The molecule has 4 heteroatoms. The second kappa shape index (κ2) is 5.52. The topological polar surface area (TPSA) is 38.1 Å². The molecule has 0 N–H and O–H groups in total. The molecule has 1 saturated heterocycles. The highest BCUT2D eigenvalue weighted by Gasteiger charge is 2.38. The molecule has 23 heavy (non-hydrogen) atoms. The minimum absolute atomic E-state index is 0.142. The van der Waals surface area contributed by atoms with Crippen LogP contribution in [0.3, 0.4) is 0 Å². The van der Waals surface area contributed by atoms with E-state index in [-0.39, 0.29) is 17.4 Å². The van der Waals surface area contributed by atoms with Gasteiger partial charge in [-0.15, -0.1) is 0 Å². The van der Waals surface area contributed by atoms with Gasteiger partial charge in [0.05, 0.1) is 11.0 Å². The van der Waals surface area contributed by atoms with Crippen molar-refractivity contribution in [1.29, 1.82) is 0 Å². The zero-order chi connectivity index (χ0) is 16.8. The number of imidazole rings is 1. The zero-order valence-electron chi connectivity index (χ0n) is 14.5. The molecule has 0 aliphatic carbocycles. The number of fused-ring (bicyclic) bond motifs is 1. The first kappa shape index (κ1) is 15.8. The van der Waals surface area contributed by atoms with Crippen molar-refractivity contribution in [3.8, 4) is 0 Å². The average molecular weight is 311 g/mol. The molecule has 2 aromatic rings. The van der Waals surface area contributed by atoms with Gasteiger partial charge in [-0.05, 0) is 39.8 Å². The summed E-state index contributed by atoms with van der Waals surface area (Å²) in [5.41, 5.74) is 3.06. The normalized spacial score (nSPS) is 18.9. The van der Waals surface area contributed by atoms with E-state index in [2.05, 4.69) is 38.0 Å². The van der Waals surface area contributed by atoms with Gasteiger partial charge in [0.1, 0.15) is 5.82 Å². The minimum atomic E-state index is -0.142. The maximum absolute atomic E-state index is 12.4. The number of rotatable bonds is 3. The van der Waals surface area contributed by atoms with Crippen LogP contribution in [-0.2, 0) is 11.3 Å². The lowest BCUT2D eigenvalue weighted by Gasteiger charge is -2.32. The number of benzene rings is 1. The minimum Gasteiger partial charge on any atom is -0.337 e. The third-order valence-corrected chi connectivity index (χ3v) is 4.41. The fraction of sp³-hybridized carbons (Fsp3) is 0.474. The van der Waals surface area contributed by atoms with Crippen molar-refractivity contribution in [3.63, 3.8) is 0 Å². The second-order valence-corrected chi connectivity index (χ2v) is 7.58. The summed E-state index contributed by atoms with van der Waals surface area (Å²) in [6, 6.07) is 8.16. The molecule has 3 rings (SSSR count).